The fourth-order valence-electron chi connectivity index (χ4n) is 4.07. The number of sulfonamides is 1. The normalized spacial score (nSPS) is 17.2. The number of hydrogen-bond donors (Lipinski definition) is 1. The molecule has 1 aliphatic heterocycles. The maximum atomic E-state index is 13.1. The van der Waals surface area contributed by atoms with Crippen molar-refractivity contribution in [2.45, 2.75) is 50.2 Å². The van der Waals surface area contributed by atoms with Crippen LogP contribution in [0.15, 0.2) is 71.9 Å². The van der Waals surface area contributed by atoms with E-state index >= 15 is 0 Å². The molecule has 0 bridgehead atoms. The molecule has 168 valence electrons. The van der Waals surface area contributed by atoms with Crippen molar-refractivity contribution >= 4 is 15.9 Å². The van der Waals surface area contributed by atoms with Crippen LogP contribution in [0, 0.1) is 0 Å². The van der Waals surface area contributed by atoms with Gasteiger partial charge in [0.25, 0.3) is 5.91 Å². The maximum Gasteiger partial charge on any atom is 0.251 e. The fraction of sp³-hybridized carbons (Fsp3) is 0.333. The second kappa shape index (κ2) is 9.67. The molecule has 0 aliphatic carbocycles. The number of carbonyl (C=O) groups excluding carboxylic acids is 1. The lowest BCUT2D eigenvalue weighted by Gasteiger charge is -2.32. The third-order valence-electron chi connectivity index (χ3n) is 5.79. The third kappa shape index (κ3) is 5.08. The lowest BCUT2D eigenvalue weighted by Crippen LogP contribution is -2.42. The Balaban J connectivity index is 1.43. The molecule has 1 saturated heterocycles. The summed E-state index contributed by atoms with van der Waals surface area (Å²) in [5.74, 6) is -0.300. The Morgan fingerprint density at radius 1 is 1.09 bits per heavy atom. The molecule has 7 nitrogen and oxygen atoms in total. The van der Waals surface area contributed by atoms with E-state index in [9.17, 15) is 13.2 Å². The number of carbonyl (C=O) groups is 1. The highest BCUT2D eigenvalue weighted by Gasteiger charge is 2.31. The van der Waals surface area contributed by atoms with Crippen molar-refractivity contribution in [2.75, 3.05) is 6.54 Å². The zero-order valence-electron chi connectivity index (χ0n) is 18.1. The van der Waals surface area contributed by atoms with E-state index in [2.05, 4.69) is 10.4 Å². The highest BCUT2D eigenvalue weighted by atomic mass is 32.2. The van der Waals surface area contributed by atoms with Gasteiger partial charge in [0.1, 0.15) is 0 Å². The molecule has 32 heavy (non-hydrogen) atoms. The van der Waals surface area contributed by atoms with Crippen LogP contribution in [0.4, 0.5) is 0 Å². The van der Waals surface area contributed by atoms with Crippen LogP contribution in [0.25, 0.3) is 0 Å². The van der Waals surface area contributed by atoms with Crippen molar-refractivity contribution in [1.82, 2.24) is 19.4 Å². The number of nitrogens with zero attached hydrogens (tertiary/aromatic N) is 3. The number of hydrogen-bond acceptors (Lipinski definition) is 4. The number of benzene rings is 2. The van der Waals surface area contributed by atoms with Crippen LogP contribution < -0.4 is 5.32 Å². The Kier molecular flexibility index (Phi) is 6.72. The smallest absolute Gasteiger partial charge is 0.251 e. The van der Waals surface area contributed by atoms with Gasteiger partial charge in [0.2, 0.25) is 10.0 Å². The van der Waals surface area contributed by atoms with Gasteiger partial charge < -0.3 is 5.32 Å². The summed E-state index contributed by atoms with van der Waals surface area (Å²) in [5, 5.41) is 7.11. The van der Waals surface area contributed by atoms with Crippen molar-refractivity contribution < 1.29 is 13.2 Å². The van der Waals surface area contributed by atoms with E-state index in [0.29, 0.717) is 25.2 Å². The number of amides is 1. The first-order chi connectivity index (χ1) is 15.4. The van der Waals surface area contributed by atoms with E-state index in [0.717, 1.165) is 30.4 Å². The molecule has 2 heterocycles. The summed E-state index contributed by atoms with van der Waals surface area (Å²) in [6, 6.07) is 16.1. The lowest BCUT2D eigenvalue weighted by molar-refractivity contribution is 0.0950. The summed E-state index contributed by atoms with van der Waals surface area (Å²) >= 11 is 0. The first-order valence-electron chi connectivity index (χ1n) is 10.9. The van der Waals surface area contributed by atoms with Crippen LogP contribution in [0.5, 0.6) is 0 Å². The molecule has 1 aliphatic rings. The van der Waals surface area contributed by atoms with Crippen LogP contribution in [0.2, 0.25) is 0 Å². The van der Waals surface area contributed by atoms with E-state index in [1.54, 1.807) is 28.7 Å². The predicted octanol–water partition coefficient (Wildman–Crippen LogP) is 3.42. The third-order valence-corrected chi connectivity index (χ3v) is 7.80. The minimum atomic E-state index is -3.62. The molecule has 0 spiro atoms. The summed E-state index contributed by atoms with van der Waals surface area (Å²) in [5.41, 5.74) is 2.39. The molecule has 0 radical (unpaired) electrons. The van der Waals surface area contributed by atoms with Crippen molar-refractivity contribution in [3.63, 3.8) is 0 Å². The number of rotatable bonds is 7. The van der Waals surface area contributed by atoms with Crippen LogP contribution in [-0.2, 0) is 23.1 Å². The Morgan fingerprint density at radius 2 is 1.91 bits per heavy atom. The quantitative estimate of drug-likeness (QED) is 0.595. The second-order valence-corrected chi connectivity index (χ2v) is 10.1. The highest BCUT2D eigenvalue weighted by molar-refractivity contribution is 7.89. The molecule has 8 heteroatoms. The van der Waals surface area contributed by atoms with E-state index in [1.165, 1.54) is 6.07 Å². The Bertz CT molecular complexity index is 1180. The Hall–Kier alpha value is -2.97. The summed E-state index contributed by atoms with van der Waals surface area (Å²) in [4.78, 5) is 12.9. The van der Waals surface area contributed by atoms with Gasteiger partial charge in [-0.3, -0.25) is 9.48 Å². The van der Waals surface area contributed by atoms with Crippen LogP contribution >= 0.6 is 0 Å². The molecule has 1 fully saturated rings. The van der Waals surface area contributed by atoms with Gasteiger partial charge in [-0.1, -0.05) is 36.8 Å². The predicted molar refractivity (Wildman–Crippen MR) is 123 cm³/mol. The van der Waals surface area contributed by atoms with Gasteiger partial charge in [-0.2, -0.15) is 9.40 Å². The van der Waals surface area contributed by atoms with E-state index in [1.807, 2.05) is 48.1 Å². The van der Waals surface area contributed by atoms with Gasteiger partial charge in [-0.25, -0.2) is 8.42 Å². The van der Waals surface area contributed by atoms with Gasteiger partial charge in [-0.05, 0) is 55.2 Å². The van der Waals surface area contributed by atoms with Gasteiger partial charge in [-0.15, -0.1) is 0 Å². The van der Waals surface area contributed by atoms with Crippen molar-refractivity contribution in [3.05, 3.63) is 83.7 Å². The molecular formula is C24H28N4O3S. The van der Waals surface area contributed by atoms with E-state index < -0.39 is 10.0 Å². The zero-order valence-corrected chi connectivity index (χ0v) is 19.0. The average molecular weight is 453 g/mol. The maximum absolute atomic E-state index is 13.1. The van der Waals surface area contributed by atoms with E-state index in [4.69, 9.17) is 0 Å². The summed E-state index contributed by atoms with van der Waals surface area (Å²) in [6.07, 6.45) is 6.41. The number of aromatic nitrogens is 2. The number of nitrogens with one attached hydrogen (secondary N) is 1. The minimum Gasteiger partial charge on any atom is -0.348 e. The largest absolute Gasteiger partial charge is 0.348 e. The van der Waals surface area contributed by atoms with Gasteiger partial charge >= 0.3 is 0 Å². The Morgan fingerprint density at radius 3 is 2.69 bits per heavy atom. The van der Waals surface area contributed by atoms with Crippen molar-refractivity contribution in [3.8, 4) is 0 Å². The van der Waals surface area contributed by atoms with Crippen LogP contribution in [-0.4, -0.2) is 41.0 Å². The first-order valence-corrected chi connectivity index (χ1v) is 12.3. The average Bonchev–Trinajstić information content (AvgIpc) is 3.31. The molecule has 1 N–H and O–H groups in total. The van der Waals surface area contributed by atoms with Gasteiger partial charge in [0, 0.05) is 37.1 Å². The summed E-state index contributed by atoms with van der Waals surface area (Å²) in [7, 11) is -3.62. The standard InChI is InChI=1S/C24H28N4O3S/c1-19-7-2-3-14-28(19)32(30,31)23-11-5-10-22(16-23)24(29)25-17-20-8-4-9-21(15-20)18-27-13-6-12-26-27/h4-6,8-13,15-16,19H,2-3,7,14,17-18H2,1H3,(H,25,29). The monoisotopic (exact) mass is 452 g/mol. The van der Waals surface area contributed by atoms with Crippen LogP contribution in [0.3, 0.4) is 0 Å². The molecule has 1 unspecified atom stereocenters. The fourth-order valence-corrected chi connectivity index (χ4v) is 5.81. The molecule has 0 saturated carbocycles. The van der Waals surface area contributed by atoms with Crippen molar-refractivity contribution in [2.24, 2.45) is 0 Å². The first kappa shape index (κ1) is 22.2. The Labute approximate surface area is 189 Å². The molecule has 1 aromatic heterocycles. The van der Waals surface area contributed by atoms with Gasteiger partial charge in [0.05, 0.1) is 11.4 Å². The molecule has 4 rings (SSSR count). The molecular weight excluding hydrogens is 424 g/mol. The molecule has 2 aromatic carbocycles. The van der Waals surface area contributed by atoms with Gasteiger partial charge in [0.15, 0.2) is 0 Å². The van der Waals surface area contributed by atoms with Crippen molar-refractivity contribution in [1.29, 1.82) is 0 Å². The molecule has 1 amide bonds. The molecule has 3 aromatic rings. The van der Waals surface area contributed by atoms with Crippen LogP contribution in [0.1, 0.15) is 47.7 Å². The minimum absolute atomic E-state index is 0.0275. The topological polar surface area (TPSA) is 84.3 Å². The second-order valence-electron chi connectivity index (χ2n) is 8.19. The highest BCUT2D eigenvalue weighted by Crippen LogP contribution is 2.25. The SMILES string of the molecule is CC1CCCCN1S(=O)(=O)c1cccc(C(=O)NCc2cccc(Cn3cccn3)c2)c1. The molecule has 1 atom stereocenters. The lowest BCUT2D eigenvalue weighted by atomic mass is 10.1. The summed E-state index contributed by atoms with van der Waals surface area (Å²) < 4.78 is 29.6. The van der Waals surface area contributed by atoms with E-state index in [-0.39, 0.29) is 16.8 Å². The number of piperidine rings is 1. The summed E-state index contributed by atoms with van der Waals surface area (Å²) in [6.45, 7) is 3.47. The zero-order chi connectivity index (χ0) is 22.6.